The van der Waals surface area contributed by atoms with Crippen LogP contribution in [-0.2, 0) is 11.3 Å². The largest absolute Gasteiger partial charge is 0.464 e. The number of hydrogen-bond acceptors (Lipinski definition) is 4. The third-order valence-electron chi connectivity index (χ3n) is 1.83. The van der Waals surface area contributed by atoms with Gasteiger partial charge < -0.3 is 9.30 Å². The average Bonchev–Trinajstić information content (AvgIpc) is 2.60. The van der Waals surface area contributed by atoms with Gasteiger partial charge in [0.2, 0.25) is 0 Å². The molecule has 0 spiro atoms. The highest BCUT2D eigenvalue weighted by molar-refractivity contribution is 5.88. The first-order valence-corrected chi connectivity index (χ1v) is 4.03. The second-order valence-corrected chi connectivity index (χ2v) is 2.62. The molecular formula is C8H10N2O4. The summed E-state index contributed by atoms with van der Waals surface area (Å²) in [5, 5.41) is 10.4. The van der Waals surface area contributed by atoms with Gasteiger partial charge in [-0.1, -0.05) is 0 Å². The van der Waals surface area contributed by atoms with Gasteiger partial charge in [0.15, 0.2) is 0 Å². The summed E-state index contributed by atoms with van der Waals surface area (Å²) in [5.74, 6) is -0.569. The summed E-state index contributed by atoms with van der Waals surface area (Å²) in [4.78, 5) is 21.1. The van der Waals surface area contributed by atoms with E-state index in [1.807, 2.05) is 0 Å². The highest BCUT2D eigenvalue weighted by atomic mass is 16.6. The van der Waals surface area contributed by atoms with Crippen molar-refractivity contribution in [2.45, 2.75) is 13.5 Å². The topological polar surface area (TPSA) is 74.4 Å². The van der Waals surface area contributed by atoms with Crippen LogP contribution < -0.4 is 0 Å². The lowest BCUT2D eigenvalue weighted by Gasteiger charge is -2.01. The van der Waals surface area contributed by atoms with E-state index in [2.05, 4.69) is 4.74 Å². The quantitative estimate of drug-likeness (QED) is 0.415. The van der Waals surface area contributed by atoms with Crippen LogP contribution >= 0.6 is 0 Å². The van der Waals surface area contributed by atoms with Gasteiger partial charge in [-0.3, -0.25) is 10.1 Å². The van der Waals surface area contributed by atoms with Crippen LogP contribution in [0.25, 0.3) is 0 Å². The molecule has 0 aliphatic heterocycles. The predicted octanol–water partition coefficient (Wildman–Crippen LogP) is 1.20. The predicted molar refractivity (Wildman–Crippen MR) is 48.1 cm³/mol. The van der Waals surface area contributed by atoms with E-state index in [0.717, 1.165) is 0 Å². The minimum absolute atomic E-state index is 0.104. The van der Waals surface area contributed by atoms with Crippen LogP contribution in [0.3, 0.4) is 0 Å². The zero-order valence-corrected chi connectivity index (χ0v) is 7.89. The molecule has 0 atom stereocenters. The van der Waals surface area contributed by atoms with Gasteiger partial charge in [0.05, 0.1) is 18.2 Å². The molecule has 0 radical (unpaired) electrons. The van der Waals surface area contributed by atoms with E-state index >= 15 is 0 Å². The number of rotatable bonds is 3. The summed E-state index contributed by atoms with van der Waals surface area (Å²) >= 11 is 0. The van der Waals surface area contributed by atoms with E-state index in [0.29, 0.717) is 6.54 Å². The molecule has 0 bridgehead atoms. The molecule has 1 rings (SSSR count). The van der Waals surface area contributed by atoms with Crippen LogP contribution in [0.4, 0.5) is 5.69 Å². The van der Waals surface area contributed by atoms with Gasteiger partial charge in [-0.2, -0.15) is 0 Å². The molecule has 0 amide bonds. The monoisotopic (exact) mass is 198 g/mol. The fourth-order valence-electron chi connectivity index (χ4n) is 1.13. The fraction of sp³-hybridized carbons (Fsp3) is 0.375. The summed E-state index contributed by atoms with van der Waals surface area (Å²) in [6, 6.07) is 1.20. The smallest absolute Gasteiger partial charge is 0.354 e. The van der Waals surface area contributed by atoms with Crippen molar-refractivity contribution in [3.8, 4) is 0 Å². The summed E-state index contributed by atoms with van der Waals surface area (Å²) in [6.07, 6.45) is 1.31. The highest BCUT2D eigenvalue weighted by Crippen LogP contribution is 2.16. The zero-order valence-electron chi connectivity index (χ0n) is 7.89. The summed E-state index contributed by atoms with van der Waals surface area (Å²) in [5.41, 5.74) is 0.0916. The van der Waals surface area contributed by atoms with E-state index < -0.39 is 10.9 Å². The third kappa shape index (κ3) is 1.73. The fourth-order valence-corrected chi connectivity index (χ4v) is 1.13. The molecule has 0 N–H and O–H groups in total. The van der Waals surface area contributed by atoms with Crippen LogP contribution in [-0.4, -0.2) is 22.6 Å². The molecular weight excluding hydrogens is 188 g/mol. The SMILES string of the molecule is CCn1cc([N+](=O)[O-])cc1C(=O)OC. The lowest BCUT2D eigenvalue weighted by Crippen LogP contribution is -2.08. The number of aromatic nitrogens is 1. The normalized spacial score (nSPS) is 9.86. The van der Waals surface area contributed by atoms with Crippen LogP contribution in [0.1, 0.15) is 17.4 Å². The van der Waals surface area contributed by atoms with Crippen LogP contribution in [0.5, 0.6) is 0 Å². The number of hydrogen-bond donors (Lipinski definition) is 0. The van der Waals surface area contributed by atoms with Gasteiger partial charge in [0, 0.05) is 12.6 Å². The maximum atomic E-state index is 11.2. The van der Waals surface area contributed by atoms with E-state index in [9.17, 15) is 14.9 Å². The molecule has 0 saturated heterocycles. The van der Waals surface area contributed by atoms with E-state index in [-0.39, 0.29) is 11.4 Å². The summed E-state index contributed by atoms with van der Waals surface area (Å²) in [7, 11) is 1.24. The minimum atomic E-state index is -0.569. The van der Waals surface area contributed by atoms with Crippen molar-refractivity contribution >= 4 is 11.7 Å². The molecule has 1 aromatic rings. The number of carbonyl (C=O) groups excluding carboxylic acids is 1. The summed E-state index contributed by atoms with van der Waals surface area (Å²) in [6.45, 7) is 2.27. The van der Waals surface area contributed by atoms with E-state index in [4.69, 9.17) is 0 Å². The molecule has 0 unspecified atom stereocenters. The molecule has 6 heteroatoms. The van der Waals surface area contributed by atoms with Crippen molar-refractivity contribution < 1.29 is 14.5 Å². The molecule has 14 heavy (non-hydrogen) atoms. The van der Waals surface area contributed by atoms with Crippen molar-refractivity contribution in [1.82, 2.24) is 4.57 Å². The maximum Gasteiger partial charge on any atom is 0.354 e. The molecule has 0 aliphatic rings. The number of nitro groups is 1. The first-order valence-electron chi connectivity index (χ1n) is 4.03. The standard InChI is InChI=1S/C8H10N2O4/c1-3-9-5-6(10(12)13)4-7(9)8(11)14-2/h4-5H,3H2,1-2H3. The Bertz CT molecular complexity index is 369. The van der Waals surface area contributed by atoms with Crippen molar-refractivity contribution in [2.75, 3.05) is 7.11 Å². The van der Waals surface area contributed by atoms with Gasteiger partial charge in [0.25, 0.3) is 5.69 Å². The second kappa shape index (κ2) is 3.91. The number of esters is 1. The Morgan fingerprint density at radius 3 is 2.79 bits per heavy atom. The summed E-state index contributed by atoms with van der Waals surface area (Å²) < 4.78 is 5.97. The van der Waals surface area contributed by atoms with Crippen molar-refractivity contribution in [3.63, 3.8) is 0 Å². The van der Waals surface area contributed by atoms with Crippen molar-refractivity contribution in [3.05, 3.63) is 28.1 Å². The molecule has 0 aromatic carbocycles. The van der Waals surface area contributed by atoms with Gasteiger partial charge in [-0.15, -0.1) is 0 Å². The van der Waals surface area contributed by atoms with Crippen LogP contribution in [0.15, 0.2) is 12.3 Å². The number of aryl methyl sites for hydroxylation is 1. The van der Waals surface area contributed by atoms with Gasteiger partial charge in [0.1, 0.15) is 5.69 Å². The molecule has 6 nitrogen and oxygen atoms in total. The first-order chi connectivity index (χ1) is 6.60. The van der Waals surface area contributed by atoms with Crippen LogP contribution in [0.2, 0.25) is 0 Å². The highest BCUT2D eigenvalue weighted by Gasteiger charge is 2.18. The first kappa shape index (κ1) is 10.2. The Kier molecular flexibility index (Phi) is 2.85. The van der Waals surface area contributed by atoms with Crippen LogP contribution in [0, 0.1) is 10.1 Å². The van der Waals surface area contributed by atoms with Gasteiger partial charge in [-0.25, -0.2) is 4.79 Å². The Hall–Kier alpha value is -1.85. The van der Waals surface area contributed by atoms with Gasteiger partial charge >= 0.3 is 5.97 Å². The second-order valence-electron chi connectivity index (χ2n) is 2.62. The number of ether oxygens (including phenoxy) is 1. The zero-order chi connectivity index (χ0) is 10.7. The maximum absolute atomic E-state index is 11.2. The van der Waals surface area contributed by atoms with Crippen molar-refractivity contribution in [2.24, 2.45) is 0 Å². The lowest BCUT2D eigenvalue weighted by atomic mass is 10.4. The van der Waals surface area contributed by atoms with Gasteiger partial charge in [-0.05, 0) is 6.92 Å². The molecule has 0 saturated carbocycles. The Morgan fingerprint density at radius 1 is 1.71 bits per heavy atom. The molecule has 76 valence electrons. The lowest BCUT2D eigenvalue weighted by molar-refractivity contribution is -0.384. The average molecular weight is 198 g/mol. The van der Waals surface area contributed by atoms with E-state index in [1.165, 1.54) is 23.9 Å². The number of carbonyl (C=O) groups is 1. The molecule has 0 aliphatic carbocycles. The Morgan fingerprint density at radius 2 is 2.36 bits per heavy atom. The molecule has 1 heterocycles. The number of methoxy groups -OCH3 is 1. The third-order valence-corrected chi connectivity index (χ3v) is 1.83. The number of nitrogens with zero attached hydrogens (tertiary/aromatic N) is 2. The Balaban J connectivity index is 3.15. The van der Waals surface area contributed by atoms with Crippen molar-refractivity contribution in [1.29, 1.82) is 0 Å². The van der Waals surface area contributed by atoms with E-state index in [1.54, 1.807) is 6.92 Å². The molecule has 0 fully saturated rings. The molecule has 1 aromatic heterocycles. The Labute approximate surface area is 80.2 Å². The minimum Gasteiger partial charge on any atom is -0.464 e.